The molecule has 2 aromatic rings. The van der Waals surface area contributed by atoms with Gasteiger partial charge in [0.05, 0.1) is 6.54 Å². The molecule has 5 nitrogen and oxygen atoms in total. The molecule has 1 heterocycles. The fourth-order valence-electron chi connectivity index (χ4n) is 3.08. The Kier molecular flexibility index (Phi) is 6.25. The number of benzene rings is 2. The van der Waals surface area contributed by atoms with Gasteiger partial charge in [0, 0.05) is 30.9 Å². The zero-order valence-corrected chi connectivity index (χ0v) is 14.9. The largest absolute Gasteiger partial charge is 0.376 e. The van der Waals surface area contributed by atoms with Crippen LogP contribution in [-0.4, -0.2) is 36.3 Å². The molecule has 2 amide bonds. The van der Waals surface area contributed by atoms with Gasteiger partial charge in [-0.2, -0.15) is 0 Å². The highest BCUT2D eigenvalue weighted by molar-refractivity contribution is 5.95. The Morgan fingerprint density at radius 2 is 1.69 bits per heavy atom. The van der Waals surface area contributed by atoms with Gasteiger partial charge in [-0.15, -0.1) is 0 Å². The quantitative estimate of drug-likeness (QED) is 0.841. The van der Waals surface area contributed by atoms with Crippen LogP contribution < -0.4 is 10.6 Å². The van der Waals surface area contributed by atoms with E-state index in [2.05, 4.69) is 10.6 Å². The van der Waals surface area contributed by atoms with Crippen LogP contribution in [0.4, 0.5) is 5.69 Å². The predicted molar refractivity (Wildman–Crippen MR) is 103 cm³/mol. The Labute approximate surface area is 154 Å². The lowest BCUT2D eigenvalue weighted by Gasteiger charge is -2.26. The fraction of sp³-hybridized carbons (Fsp3) is 0.333. The summed E-state index contributed by atoms with van der Waals surface area (Å²) in [6.45, 7) is 2.35. The summed E-state index contributed by atoms with van der Waals surface area (Å²) >= 11 is 0. The summed E-state index contributed by atoms with van der Waals surface area (Å²) in [4.78, 5) is 26.5. The molecule has 5 heteroatoms. The molecule has 3 rings (SSSR count). The molecule has 0 saturated carbocycles. The molecule has 1 aliphatic heterocycles. The van der Waals surface area contributed by atoms with Crippen LogP contribution >= 0.6 is 0 Å². The first-order chi connectivity index (χ1) is 12.7. The van der Waals surface area contributed by atoms with Crippen LogP contribution in [0, 0.1) is 0 Å². The van der Waals surface area contributed by atoms with E-state index in [9.17, 15) is 9.59 Å². The molecule has 26 heavy (non-hydrogen) atoms. The zero-order chi connectivity index (χ0) is 18.2. The number of hydrogen-bond acceptors (Lipinski definition) is 3. The van der Waals surface area contributed by atoms with Gasteiger partial charge < -0.3 is 15.5 Å². The maximum absolute atomic E-state index is 12.6. The molecule has 0 unspecified atom stereocenters. The lowest BCUT2D eigenvalue weighted by atomic mass is 10.1. The van der Waals surface area contributed by atoms with Crippen LogP contribution in [0.15, 0.2) is 54.6 Å². The molecule has 136 valence electrons. The molecule has 2 N–H and O–H groups in total. The minimum absolute atomic E-state index is 0.0712. The van der Waals surface area contributed by atoms with Gasteiger partial charge in [-0.25, -0.2) is 0 Å². The fourth-order valence-corrected chi connectivity index (χ4v) is 3.08. The molecule has 1 aliphatic rings. The Morgan fingerprint density at radius 1 is 0.923 bits per heavy atom. The molecule has 0 radical (unpaired) electrons. The van der Waals surface area contributed by atoms with E-state index in [4.69, 9.17) is 0 Å². The van der Waals surface area contributed by atoms with Crippen LogP contribution in [0.1, 0.15) is 35.2 Å². The Hall–Kier alpha value is -2.82. The second-order valence-electron chi connectivity index (χ2n) is 6.55. The minimum Gasteiger partial charge on any atom is -0.376 e. The SMILES string of the molecule is O=C(CNc1cccc(C(=O)N2CCCCC2)c1)NCc1ccccc1. The van der Waals surface area contributed by atoms with Crippen molar-refractivity contribution in [2.45, 2.75) is 25.8 Å². The van der Waals surface area contributed by atoms with Gasteiger partial charge in [-0.05, 0) is 43.0 Å². The number of likely N-dealkylation sites (tertiary alicyclic amines) is 1. The summed E-state index contributed by atoms with van der Waals surface area (Å²) in [7, 11) is 0. The van der Waals surface area contributed by atoms with Crippen molar-refractivity contribution in [1.82, 2.24) is 10.2 Å². The molecular formula is C21H25N3O2. The summed E-state index contributed by atoms with van der Waals surface area (Å²) in [6.07, 6.45) is 3.35. The van der Waals surface area contributed by atoms with Crippen LogP contribution in [0.3, 0.4) is 0 Å². The maximum atomic E-state index is 12.6. The smallest absolute Gasteiger partial charge is 0.253 e. The monoisotopic (exact) mass is 351 g/mol. The molecule has 1 fully saturated rings. The third-order valence-corrected chi connectivity index (χ3v) is 4.54. The van der Waals surface area contributed by atoms with Crippen molar-refractivity contribution in [3.05, 3.63) is 65.7 Å². The van der Waals surface area contributed by atoms with E-state index < -0.39 is 0 Å². The summed E-state index contributed by atoms with van der Waals surface area (Å²) in [5.41, 5.74) is 2.51. The lowest BCUT2D eigenvalue weighted by Crippen LogP contribution is -2.35. The number of carbonyl (C=O) groups is 2. The highest BCUT2D eigenvalue weighted by atomic mass is 16.2. The Bertz CT molecular complexity index is 740. The summed E-state index contributed by atoms with van der Waals surface area (Å²) in [6, 6.07) is 17.2. The number of nitrogens with one attached hydrogen (secondary N) is 2. The van der Waals surface area contributed by atoms with Crippen LogP contribution in [-0.2, 0) is 11.3 Å². The number of carbonyl (C=O) groups excluding carboxylic acids is 2. The number of rotatable bonds is 6. The van der Waals surface area contributed by atoms with Crippen LogP contribution in [0.25, 0.3) is 0 Å². The second kappa shape index (κ2) is 9.04. The van der Waals surface area contributed by atoms with Gasteiger partial charge in [-0.3, -0.25) is 9.59 Å². The van der Waals surface area contributed by atoms with Crippen molar-refractivity contribution in [2.24, 2.45) is 0 Å². The first kappa shape index (κ1) is 18.0. The molecule has 0 spiro atoms. The number of amides is 2. The number of nitrogens with zero attached hydrogens (tertiary/aromatic N) is 1. The van der Waals surface area contributed by atoms with E-state index in [1.807, 2.05) is 59.5 Å². The van der Waals surface area contributed by atoms with E-state index >= 15 is 0 Å². The van der Waals surface area contributed by atoms with Gasteiger partial charge in [0.15, 0.2) is 0 Å². The van der Waals surface area contributed by atoms with Crippen LogP contribution in [0.2, 0.25) is 0 Å². The van der Waals surface area contributed by atoms with E-state index in [0.717, 1.165) is 37.2 Å². The van der Waals surface area contributed by atoms with Crippen molar-refractivity contribution in [2.75, 3.05) is 25.0 Å². The Balaban J connectivity index is 1.50. The summed E-state index contributed by atoms with van der Waals surface area (Å²) in [5, 5.41) is 5.98. The highest BCUT2D eigenvalue weighted by Crippen LogP contribution is 2.16. The molecule has 0 atom stereocenters. The first-order valence-corrected chi connectivity index (χ1v) is 9.16. The standard InChI is InChI=1S/C21H25N3O2/c25-20(23-15-17-8-3-1-4-9-17)16-22-19-11-7-10-18(14-19)21(26)24-12-5-2-6-13-24/h1,3-4,7-11,14,22H,2,5-6,12-13,15-16H2,(H,23,25). The van der Waals surface area contributed by atoms with Crippen molar-refractivity contribution in [1.29, 1.82) is 0 Å². The van der Waals surface area contributed by atoms with Gasteiger partial charge in [0.1, 0.15) is 0 Å². The average Bonchev–Trinajstić information content (AvgIpc) is 2.72. The average molecular weight is 351 g/mol. The Morgan fingerprint density at radius 3 is 2.46 bits per heavy atom. The molecule has 0 aliphatic carbocycles. The normalized spacial score (nSPS) is 13.9. The topological polar surface area (TPSA) is 61.4 Å². The zero-order valence-electron chi connectivity index (χ0n) is 14.9. The van der Waals surface area contributed by atoms with Crippen molar-refractivity contribution in [3.63, 3.8) is 0 Å². The molecule has 0 bridgehead atoms. The molecule has 1 saturated heterocycles. The highest BCUT2D eigenvalue weighted by Gasteiger charge is 2.18. The molecule has 2 aromatic carbocycles. The van der Waals surface area contributed by atoms with E-state index in [1.165, 1.54) is 6.42 Å². The predicted octanol–water partition coefficient (Wildman–Crippen LogP) is 3.04. The lowest BCUT2D eigenvalue weighted by molar-refractivity contribution is -0.119. The van der Waals surface area contributed by atoms with E-state index in [1.54, 1.807) is 0 Å². The van der Waals surface area contributed by atoms with Crippen LogP contribution in [0.5, 0.6) is 0 Å². The third kappa shape index (κ3) is 5.09. The number of piperidine rings is 1. The maximum Gasteiger partial charge on any atom is 0.253 e. The van der Waals surface area contributed by atoms with E-state index in [0.29, 0.717) is 12.1 Å². The number of hydrogen-bond donors (Lipinski definition) is 2. The minimum atomic E-state index is -0.0818. The third-order valence-electron chi connectivity index (χ3n) is 4.54. The van der Waals surface area contributed by atoms with Crippen molar-refractivity contribution in [3.8, 4) is 0 Å². The molecule has 0 aromatic heterocycles. The van der Waals surface area contributed by atoms with Gasteiger partial charge >= 0.3 is 0 Å². The summed E-state index contributed by atoms with van der Waals surface area (Å²) in [5.74, 6) is -0.0107. The van der Waals surface area contributed by atoms with Gasteiger partial charge in [0.2, 0.25) is 5.91 Å². The summed E-state index contributed by atoms with van der Waals surface area (Å²) < 4.78 is 0. The first-order valence-electron chi connectivity index (χ1n) is 9.16. The second-order valence-corrected chi connectivity index (χ2v) is 6.55. The van der Waals surface area contributed by atoms with Crippen molar-refractivity contribution >= 4 is 17.5 Å². The molecular weight excluding hydrogens is 326 g/mol. The van der Waals surface area contributed by atoms with Gasteiger partial charge in [-0.1, -0.05) is 36.4 Å². The van der Waals surface area contributed by atoms with Crippen molar-refractivity contribution < 1.29 is 9.59 Å². The van der Waals surface area contributed by atoms with E-state index in [-0.39, 0.29) is 18.4 Å². The van der Waals surface area contributed by atoms with Gasteiger partial charge in [0.25, 0.3) is 5.91 Å². The number of anilines is 1.